The van der Waals surface area contributed by atoms with Crippen LogP contribution in [0.2, 0.25) is 0 Å². The van der Waals surface area contributed by atoms with Crippen molar-refractivity contribution in [1.29, 1.82) is 0 Å². The highest BCUT2D eigenvalue weighted by molar-refractivity contribution is 5.93. The Balaban J connectivity index is 2.15. The third kappa shape index (κ3) is 19.3. The van der Waals surface area contributed by atoms with Gasteiger partial charge < -0.3 is 103 Å². The van der Waals surface area contributed by atoms with Crippen molar-refractivity contribution in [2.24, 2.45) is 11.5 Å². The minimum absolute atomic E-state index is 0.0517. The Morgan fingerprint density at radius 1 is 0.696 bits per heavy atom. The number of aliphatic hydroxyl groups is 5. The number of carboxylic acids is 2. The predicted molar refractivity (Wildman–Crippen MR) is 228 cm³/mol. The van der Waals surface area contributed by atoms with Crippen molar-refractivity contribution in [1.82, 2.24) is 37.2 Å². The monoisotopic (exact) mass is 995 g/mol. The van der Waals surface area contributed by atoms with E-state index in [1.165, 1.54) is 13.8 Å². The fraction of sp³-hybridized carbons (Fsp3) is 0.744. The Morgan fingerprint density at radius 2 is 1.32 bits per heavy atom. The van der Waals surface area contributed by atoms with Gasteiger partial charge in [0.1, 0.15) is 85.5 Å². The first-order valence-electron chi connectivity index (χ1n) is 21.7. The van der Waals surface area contributed by atoms with E-state index >= 15 is 0 Å². The molecule has 30 heteroatoms. The van der Waals surface area contributed by atoms with Crippen LogP contribution >= 0.6 is 0 Å². The van der Waals surface area contributed by atoms with E-state index in [-0.39, 0.29) is 25.8 Å². The van der Waals surface area contributed by atoms with Crippen LogP contribution < -0.4 is 48.7 Å². The first kappa shape index (κ1) is 59.4. The van der Waals surface area contributed by atoms with E-state index in [9.17, 15) is 73.5 Å². The van der Waals surface area contributed by atoms with Gasteiger partial charge in [-0.25, -0.2) is 0 Å². The average Bonchev–Trinajstić information content (AvgIpc) is 3.27. The van der Waals surface area contributed by atoms with Crippen LogP contribution in [-0.2, 0) is 66.9 Å². The number of unbranched alkanes of at least 4 members (excludes halogenated alkanes) is 1. The molecule has 0 bridgehead atoms. The number of carbonyl (C=O) groups excluding carboxylic acids is 8. The van der Waals surface area contributed by atoms with Gasteiger partial charge in [0.05, 0.1) is 19.6 Å². The van der Waals surface area contributed by atoms with Gasteiger partial charge in [-0.3, -0.25) is 47.9 Å². The van der Waals surface area contributed by atoms with E-state index in [1.807, 2.05) is 0 Å². The number of ether oxygens (including phenoxy) is 4. The van der Waals surface area contributed by atoms with Gasteiger partial charge in [-0.15, -0.1) is 0 Å². The van der Waals surface area contributed by atoms with Crippen LogP contribution in [0.15, 0.2) is 0 Å². The molecule has 2 fully saturated rings. The van der Waals surface area contributed by atoms with Gasteiger partial charge in [0, 0.05) is 26.8 Å². The SMILES string of the molecule is CC(=O)NC1C(OC2C(CO)OC(O)C(NC(C)=O)C2OC(C)C(=O)NC(C)C(=O)NC(CCC(=O)NC(CCCCNC(=O)CC(N)C(=O)O)C(=O)NCC(=O)O)C(N)=O)OC(CO)C(O)C1O. The van der Waals surface area contributed by atoms with Crippen molar-refractivity contribution in [3.63, 3.8) is 0 Å². The maximum absolute atomic E-state index is 13.5. The summed E-state index contributed by atoms with van der Waals surface area (Å²) in [5.74, 6) is -9.60. The molecule has 8 amide bonds. The summed E-state index contributed by atoms with van der Waals surface area (Å²) in [6.45, 7) is 2.10. The number of rotatable bonds is 28. The number of hydrogen-bond donors (Lipinski definition) is 16. The minimum atomic E-state index is -1.90. The van der Waals surface area contributed by atoms with Gasteiger partial charge in [-0.2, -0.15) is 0 Å². The molecule has 15 atom stereocenters. The molecule has 0 saturated carbocycles. The Bertz CT molecular complexity index is 1810. The van der Waals surface area contributed by atoms with E-state index < -0.39 is 190 Å². The molecule has 18 N–H and O–H groups in total. The summed E-state index contributed by atoms with van der Waals surface area (Å²) < 4.78 is 23.1. The predicted octanol–water partition coefficient (Wildman–Crippen LogP) is -8.67. The van der Waals surface area contributed by atoms with Crippen LogP contribution in [0, 0.1) is 0 Å². The number of carbonyl (C=O) groups is 10. The Labute approximate surface area is 394 Å². The highest BCUT2D eigenvalue weighted by Gasteiger charge is 2.53. The van der Waals surface area contributed by atoms with Crippen LogP contribution in [0.1, 0.15) is 66.2 Å². The molecule has 2 rings (SSSR count). The fourth-order valence-electron chi connectivity index (χ4n) is 6.96. The van der Waals surface area contributed by atoms with Crippen molar-refractivity contribution in [3.8, 4) is 0 Å². The number of primary amides is 1. The third-order valence-electron chi connectivity index (χ3n) is 10.6. The largest absolute Gasteiger partial charge is 0.480 e. The molecule has 2 aliphatic rings. The zero-order chi connectivity index (χ0) is 52.3. The molecule has 392 valence electrons. The molecule has 0 aliphatic carbocycles. The summed E-state index contributed by atoms with van der Waals surface area (Å²) in [6.07, 6.45) is -15.9. The lowest BCUT2D eigenvalue weighted by Gasteiger charge is -2.48. The van der Waals surface area contributed by atoms with E-state index in [0.29, 0.717) is 0 Å². The quantitative estimate of drug-likeness (QED) is 0.0324. The second-order valence-electron chi connectivity index (χ2n) is 16.2. The number of aliphatic hydroxyl groups excluding tert-OH is 5. The maximum Gasteiger partial charge on any atom is 0.322 e. The van der Waals surface area contributed by atoms with Crippen LogP contribution in [0.4, 0.5) is 0 Å². The minimum Gasteiger partial charge on any atom is -0.480 e. The van der Waals surface area contributed by atoms with Crippen molar-refractivity contribution in [3.05, 3.63) is 0 Å². The topological polar surface area (TPSA) is 485 Å². The summed E-state index contributed by atoms with van der Waals surface area (Å²) >= 11 is 0. The number of nitrogens with two attached hydrogens (primary N) is 2. The molecular formula is C39H65N9O21. The van der Waals surface area contributed by atoms with Crippen molar-refractivity contribution in [2.75, 3.05) is 26.3 Å². The van der Waals surface area contributed by atoms with Gasteiger partial charge in [0.2, 0.25) is 47.3 Å². The number of nitrogens with one attached hydrogen (secondary N) is 7. The highest BCUT2D eigenvalue weighted by Crippen LogP contribution is 2.31. The highest BCUT2D eigenvalue weighted by atomic mass is 16.7. The molecule has 0 radical (unpaired) electrons. The number of amides is 8. The normalized spacial score (nSPS) is 26.6. The smallest absolute Gasteiger partial charge is 0.322 e. The van der Waals surface area contributed by atoms with E-state index in [2.05, 4.69) is 37.2 Å². The molecule has 2 saturated heterocycles. The van der Waals surface area contributed by atoms with Crippen molar-refractivity contribution in [2.45, 2.75) is 158 Å². The molecule has 0 spiro atoms. The fourth-order valence-corrected chi connectivity index (χ4v) is 6.96. The summed E-state index contributed by atoms with van der Waals surface area (Å²) in [5, 5.41) is 86.4. The number of carboxylic acid groups (broad SMARTS) is 2. The van der Waals surface area contributed by atoms with E-state index in [4.69, 9.17) is 40.6 Å². The van der Waals surface area contributed by atoms with Crippen LogP contribution in [-0.4, -0.2) is 213 Å². The molecule has 69 heavy (non-hydrogen) atoms. The number of hydrogen-bond acceptors (Lipinski definition) is 20. The summed E-state index contributed by atoms with van der Waals surface area (Å²) in [6, 6.07) is -8.71. The maximum atomic E-state index is 13.5. The standard InChI is InChI=1S/C39H65N9O21/c1-15(34(60)48-20(33(41)59)8-9-24(53)47-21(36(62)43-12-26(55)56)7-5-6-10-42-25(54)11-19(40)37(63)64)44-35(61)16(2)66-32-28(46-18(4)52)38(65)67-23(14-50)31(32)69-39-27(45-17(3)51)30(58)29(57)22(13-49)68-39/h15-16,19-23,27-32,38-39,49-50,57-58,65H,5-14,40H2,1-4H3,(H2,41,59)(H,42,54)(H,43,62)(H,44,61)(H,45,51)(H,46,52)(H,47,53)(H,48,60)(H,55,56)(H,63,64). The third-order valence-corrected chi connectivity index (χ3v) is 10.6. The average molecular weight is 996 g/mol. The Morgan fingerprint density at radius 3 is 1.88 bits per heavy atom. The second kappa shape index (κ2) is 28.7. The van der Waals surface area contributed by atoms with Gasteiger partial charge in [-0.05, 0) is 39.5 Å². The molecule has 15 unspecified atom stereocenters. The van der Waals surface area contributed by atoms with Crippen LogP contribution in [0.5, 0.6) is 0 Å². The van der Waals surface area contributed by atoms with Crippen molar-refractivity contribution >= 4 is 59.2 Å². The first-order valence-corrected chi connectivity index (χ1v) is 21.7. The Hall–Kier alpha value is -5.70. The number of aliphatic carboxylic acids is 2. The summed E-state index contributed by atoms with van der Waals surface area (Å²) in [7, 11) is 0. The van der Waals surface area contributed by atoms with E-state index in [1.54, 1.807) is 0 Å². The zero-order valence-electron chi connectivity index (χ0n) is 38.2. The van der Waals surface area contributed by atoms with Crippen LogP contribution in [0.3, 0.4) is 0 Å². The first-order chi connectivity index (χ1) is 32.3. The van der Waals surface area contributed by atoms with Crippen LogP contribution in [0.25, 0.3) is 0 Å². The lowest BCUT2D eigenvalue weighted by atomic mass is 9.94. The molecule has 30 nitrogen and oxygen atoms in total. The van der Waals surface area contributed by atoms with Crippen molar-refractivity contribution < 1.29 is 103 Å². The molecule has 0 aromatic rings. The van der Waals surface area contributed by atoms with Gasteiger partial charge >= 0.3 is 11.9 Å². The lowest BCUT2D eigenvalue weighted by molar-refractivity contribution is -0.333. The molecular weight excluding hydrogens is 930 g/mol. The lowest BCUT2D eigenvalue weighted by Crippen LogP contribution is -2.70. The molecule has 0 aromatic heterocycles. The second-order valence-corrected chi connectivity index (χ2v) is 16.2. The van der Waals surface area contributed by atoms with E-state index in [0.717, 1.165) is 13.8 Å². The molecule has 2 heterocycles. The molecule has 0 aromatic carbocycles. The van der Waals surface area contributed by atoms with Gasteiger partial charge in [0.15, 0.2) is 12.6 Å². The zero-order valence-corrected chi connectivity index (χ0v) is 38.2. The summed E-state index contributed by atoms with van der Waals surface area (Å²) in [5.41, 5.74) is 10.8. The van der Waals surface area contributed by atoms with Gasteiger partial charge in [-0.1, -0.05) is 0 Å². The Kier molecular flexibility index (Phi) is 24.7. The molecule has 2 aliphatic heterocycles. The summed E-state index contributed by atoms with van der Waals surface area (Å²) in [4.78, 5) is 123. The van der Waals surface area contributed by atoms with Gasteiger partial charge in [0.25, 0.3) is 0 Å².